The van der Waals surface area contributed by atoms with E-state index in [2.05, 4.69) is 9.97 Å². The van der Waals surface area contributed by atoms with Gasteiger partial charge < -0.3 is 9.72 Å². The van der Waals surface area contributed by atoms with Crippen LogP contribution in [0.4, 0.5) is 0 Å². The van der Waals surface area contributed by atoms with E-state index in [0.717, 1.165) is 10.4 Å². The van der Waals surface area contributed by atoms with E-state index in [4.69, 9.17) is 16.3 Å². The number of thiophene rings is 1. The van der Waals surface area contributed by atoms with E-state index >= 15 is 0 Å². The Kier molecular flexibility index (Phi) is 4.43. The van der Waals surface area contributed by atoms with E-state index in [0.29, 0.717) is 26.6 Å². The Labute approximate surface area is 147 Å². The van der Waals surface area contributed by atoms with Gasteiger partial charge in [0, 0.05) is 9.90 Å². The molecule has 0 aliphatic carbocycles. The van der Waals surface area contributed by atoms with Crippen LogP contribution in [0.15, 0.2) is 29.1 Å². The molecule has 3 aromatic rings. The minimum Gasteiger partial charge on any atom is -0.451 e. The number of esters is 1. The van der Waals surface area contributed by atoms with Crippen LogP contribution in [0.1, 0.15) is 39.7 Å². The molecule has 0 amide bonds. The van der Waals surface area contributed by atoms with Crippen LogP contribution in [0, 0.1) is 13.8 Å². The molecule has 124 valence electrons. The van der Waals surface area contributed by atoms with Crippen LogP contribution in [0.3, 0.4) is 0 Å². The lowest BCUT2D eigenvalue weighted by Crippen LogP contribution is -2.17. The molecular weight excluding hydrogens is 348 g/mol. The number of aromatic nitrogens is 2. The van der Waals surface area contributed by atoms with Crippen molar-refractivity contribution in [3.8, 4) is 0 Å². The Morgan fingerprint density at radius 1 is 1.38 bits per heavy atom. The largest absolute Gasteiger partial charge is 0.451 e. The lowest BCUT2D eigenvalue weighted by molar-refractivity contribution is 0.0320. The molecule has 1 aromatic carbocycles. The van der Waals surface area contributed by atoms with Crippen molar-refractivity contribution < 1.29 is 9.53 Å². The summed E-state index contributed by atoms with van der Waals surface area (Å²) in [6, 6.07) is 6.50. The molecule has 24 heavy (non-hydrogen) atoms. The topological polar surface area (TPSA) is 72.0 Å². The molecule has 2 aromatic heterocycles. The van der Waals surface area contributed by atoms with Crippen molar-refractivity contribution in [1.82, 2.24) is 9.97 Å². The van der Waals surface area contributed by atoms with Crippen LogP contribution in [0.25, 0.3) is 10.2 Å². The molecular formula is C17H15ClN2O3S. The molecule has 0 saturated carbocycles. The lowest BCUT2D eigenvalue weighted by atomic mass is 10.2. The molecule has 2 heterocycles. The standard InChI is InChI=1S/C17H15ClN2O3S/c1-8-10(3)24-16-13(8)15(21)19-14(20-16)9(2)23-17(22)11-5-4-6-12(18)7-11/h4-7,9H,1-3H3,(H,19,20,21)/t9-/m0/s1. The summed E-state index contributed by atoms with van der Waals surface area (Å²) in [5.41, 5.74) is 1.06. The molecule has 0 radical (unpaired) electrons. The fourth-order valence-electron chi connectivity index (χ4n) is 2.36. The summed E-state index contributed by atoms with van der Waals surface area (Å²) >= 11 is 7.33. The van der Waals surface area contributed by atoms with E-state index in [-0.39, 0.29) is 5.56 Å². The summed E-state index contributed by atoms with van der Waals surface area (Å²) in [5.74, 6) is -0.199. The highest BCUT2D eigenvalue weighted by Crippen LogP contribution is 2.27. The maximum atomic E-state index is 12.3. The van der Waals surface area contributed by atoms with E-state index in [1.807, 2.05) is 13.8 Å². The third kappa shape index (κ3) is 3.07. The van der Waals surface area contributed by atoms with Crippen molar-refractivity contribution in [3.63, 3.8) is 0 Å². The van der Waals surface area contributed by atoms with Gasteiger partial charge >= 0.3 is 5.97 Å². The second-order valence-electron chi connectivity index (χ2n) is 5.47. The molecule has 3 rings (SSSR count). The number of nitrogens with one attached hydrogen (secondary N) is 1. The maximum absolute atomic E-state index is 12.3. The van der Waals surface area contributed by atoms with Gasteiger partial charge in [0.15, 0.2) is 11.9 Å². The first-order chi connectivity index (χ1) is 11.4. The number of aromatic amines is 1. The van der Waals surface area contributed by atoms with Crippen LogP contribution in [-0.2, 0) is 4.74 Å². The van der Waals surface area contributed by atoms with Gasteiger partial charge in [0.2, 0.25) is 0 Å². The number of rotatable bonds is 3. The Morgan fingerprint density at radius 3 is 2.83 bits per heavy atom. The average Bonchev–Trinajstić information content (AvgIpc) is 2.82. The van der Waals surface area contributed by atoms with Gasteiger partial charge in [-0.1, -0.05) is 17.7 Å². The minimum absolute atomic E-state index is 0.220. The predicted octanol–water partition coefficient (Wildman–Crippen LogP) is 4.17. The zero-order chi connectivity index (χ0) is 17.4. The Morgan fingerprint density at radius 2 is 2.12 bits per heavy atom. The quantitative estimate of drug-likeness (QED) is 0.709. The average molecular weight is 363 g/mol. The van der Waals surface area contributed by atoms with E-state index in [1.165, 1.54) is 17.4 Å². The molecule has 1 N–H and O–H groups in total. The van der Waals surface area contributed by atoms with E-state index < -0.39 is 12.1 Å². The van der Waals surface area contributed by atoms with Gasteiger partial charge in [-0.05, 0) is 44.5 Å². The van der Waals surface area contributed by atoms with E-state index in [1.54, 1.807) is 25.1 Å². The number of hydrogen-bond acceptors (Lipinski definition) is 5. The molecule has 0 aliphatic heterocycles. The maximum Gasteiger partial charge on any atom is 0.338 e. The molecule has 0 saturated heterocycles. The lowest BCUT2D eigenvalue weighted by Gasteiger charge is -2.12. The minimum atomic E-state index is -0.684. The second-order valence-corrected chi connectivity index (χ2v) is 7.11. The zero-order valence-corrected chi connectivity index (χ0v) is 14.9. The fraction of sp³-hybridized carbons (Fsp3) is 0.235. The predicted molar refractivity (Wildman–Crippen MR) is 95.0 cm³/mol. The number of aryl methyl sites for hydroxylation is 2. The number of nitrogens with zero attached hydrogens (tertiary/aromatic N) is 1. The van der Waals surface area contributed by atoms with Gasteiger partial charge in [-0.25, -0.2) is 9.78 Å². The summed E-state index contributed by atoms with van der Waals surface area (Å²) < 4.78 is 5.39. The third-order valence-electron chi connectivity index (χ3n) is 3.79. The van der Waals surface area contributed by atoms with Crippen molar-refractivity contribution in [2.75, 3.05) is 0 Å². The summed E-state index contributed by atoms with van der Waals surface area (Å²) in [6.07, 6.45) is -0.684. The molecule has 0 bridgehead atoms. The Hall–Kier alpha value is -2.18. The summed E-state index contributed by atoms with van der Waals surface area (Å²) in [5, 5.41) is 1.05. The van der Waals surface area contributed by atoms with Gasteiger partial charge in [0.25, 0.3) is 5.56 Å². The van der Waals surface area contributed by atoms with Gasteiger partial charge in [-0.2, -0.15) is 0 Å². The van der Waals surface area contributed by atoms with Crippen molar-refractivity contribution in [1.29, 1.82) is 0 Å². The zero-order valence-electron chi connectivity index (χ0n) is 13.3. The molecule has 0 aliphatic rings. The first-order valence-corrected chi connectivity index (χ1v) is 8.52. The number of benzene rings is 1. The number of fused-ring (bicyclic) bond motifs is 1. The number of halogens is 1. The monoisotopic (exact) mass is 362 g/mol. The molecule has 5 nitrogen and oxygen atoms in total. The van der Waals surface area contributed by atoms with Crippen LogP contribution in [0.2, 0.25) is 5.02 Å². The van der Waals surface area contributed by atoms with Crippen LogP contribution in [-0.4, -0.2) is 15.9 Å². The highest BCUT2D eigenvalue weighted by atomic mass is 35.5. The SMILES string of the molecule is Cc1sc2nc([C@H](C)OC(=O)c3cccc(Cl)c3)[nH]c(=O)c2c1C. The summed E-state index contributed by atoms with van der Waals surface area (Å²) in [6.45, 7) is 5.51. The molecule has 0 fully saturated rings. The Balaban J connectivity index is 1.90. The third-order valence-corrected chi connectivity index (χ3v) is 5.12. The van der Waals surface area contributed by atoms with Gasteiger partial charge in [-0.3, -0.25) is 4.79 Å². The number of hydrogen-bond donors (Lipinski definition) is 1. The van der Waals surface area contributed by atoms with Crippen LogP contribution >= 0.6 is 22.9 Å². The van der Waals surface area contributed by atoms with Crippen molar-refractivity contribution in [3.05, 3.63) is 61.5 Å². The molecule has 0 spiro atoms. The summed E-state index contributed by atoms with van der Waals surface area (Å²) in [4.78, 5) is 33.3. The molecule has 1 atom stereocenters. The van der Waals surface area contributed by atoms with Gasteiger partial charge in [0.1, 0.15) is 4.83 Å². The van der Waals surface area contributed by atoms with E-state index in [9.17, 15) is 9.59 Å². The smallest absolute Gasteiger partial charge is 0.338 e. The van der Waals surface area contributed by atoms with Gasteiger partial charge in [-0.15, -0.1) is 11.3 Å². The van der Waals surface area contributed by atoms with Crippen LogP contribution < -0.4 is 5.56 Å². The first kappa shape index (κ1) is 16.7. The van der Waals surface area contributed by atoms with Crippen molar-refractivity contribution >= 4 is 39.1 Å². The van der Waals surface area contributed by atoms with Crippen LogP contribution in [0.5, 0.6) is 0 Å². The normalized spacial score (nSPS) is 12.3. The number of carbonyl (C=O) groups is 1. The number of carbonyl (C=O) groups excluding carboxylic acids is 1. The molecule has 0 unspecified atom stereocenters. The second kappa shape index (κ2) is 6.37. The highest BCUT2D eigenvalue weighted by Gasteiger charge is 2.19. The first-order valence-electron chi connectivity index (χ1n) is 7.33. The Bertz CT molecular complexity index is 993. The van der Waals surface area contributed by atoms with Gasteiger partial charge in [0.05, 0.1) is 10.9 Å². The van der Waals surface area contributed by atoms with Crippen molar-refractivity contribution in [2.24, 2.45) is 0 Å². The van der Waals surface area contributed by atoms with Crippen molar-refractivity contribution in [2.45, 2.75) is 26.9 Å². The number of ether oxygens (including phenoxy) is 1. The fourth-order valence-corrected chi connectivity index (χ4v) is 3.59. The molecule has 7 heteroatoms. The number of H-pyrrole nitrogens is 1. The summed E-state index contributed by atoms with van der Waals surface area (Å²) in [7, 11) is 0. The highest BCUT2D eigenvalue weighted by molar-refractivity contribution is 7.18.